The van der Waals surface area contributed by atoms with Gasteiger partial charge in [0.15, 0.2) is 0 Å². The number of carbonyl (C=O) groups is 2. The van der Waals surface area contributed by atoms with Gasteiger partial charge in [0.1, 0.15) is 5.75 Å². The number of benzene rings is 2. The zero-order chi connectivity index (χ0) is 32.6. The second kappa shape index (κ2) is 12.7. The number of carbonyl (C=O) groups excluding carboxylic acids is 2. The molecule has 0 spiro atoms. The van der Waals surface area contributed by atoms with E-state index in [1.807, 2.05) is 48.5 Å². The lowest BCUT2D eigenvalue weighted by Gasteiger charge is -2.24. The first-order valence-corrected chi connectivity index (χ1v) is 17.0. The zero-order valence-electron chi connectivity index (χ0n) is 26.6. The quantitative estimate of drug-likeness (QED) is 0.278. The van der Waals surface area contributed by atoms with Crippen molar-refractivity contribution in [2.45, 2.75) is 51.1 Å². The van der Waals surface area contributed by atoms with Gasteiger partial charge in [-0.3, -0.25) is 14.6 Å². The summed E-state index contributed by atoms with van der Waals surface area (Å²) in [6.07, 6.45) is 9.22. The van der Waals surface area contributed by atoms with Crippen molar-refractivity contribution in [1.29, 1.82) is 0 Å². The number of fused-ring (bicyclic) bond motifs is 5. The molecule has 11 heteroatoms. The Morgan fingerprint density at radius 3 is 2.50 bits per heavy atom. The number of aromatic nitrogens is 2. The number of hydrogen-bond donors (Lipinski definition) is 1. The molecule has 6 rings (SSSR count). The van der Waals surface area contributed by atoms with E-state index in [-0.39, 0.29) is 18.0 Å². The van der Waals surface area contributed by atoms with Crippen molar-refractivity contribution in [2.24, 2.45) is 0 Å². The summed E-state index contributed by atoms with van der Waals surface area (Å²) in [6.45, 7) is 0.612. The smallest absolute Gasteiger partial charge is 0.303 e. The van der Waals surface area contributed by atoms with E-state index in [4.69, 9.17) is 4.74 Å². The summed E-state index contributed by atoms with van der Waals surface area (Å²) in [5, 5.41) is 1.01. The van der Waals surface area contributed by atoms with Crippen LogP contribution in [-0.2, 0) is 28.1 Å². The predicted molar refractivity (Wildman–Crippen MR) is 179 cm³/mol. The average molecular weight is 642 g/mol. The van der Waals surface area contributed by atoms with E-state index in [0.29, 0.717) is 23.8 Å². The van der Waals surface area contributed by atoms with Gasteiger partial charge in [0.05, 0.1) is 31.6 Å². The first-order chi connectivity index (χ1) is 22.1. The lowest BCUT2D eigenvalue weighted by molar-refractivity contribution is -0.126. The highest BCUT2D eigenvalue weighted by atomic mass is 32.2. The van der Waals surface area contributed by atoms with Gasteiger partial charge in [0.2, 0.25) is 0 Å². The van der Waals surface area contributed by atoms with E-state index in [2.05, 4.69) is 14.3 Å². The molecule has 240 valence electrons. The second-order valence-electron chi connectivity index (χ2n) is 12.2. The molecule has 1 N–H and O–H groups in total. The van der Waals surface area contributed by atoms with Gasteiger partial charge in [-0.05, 0) is 78.4 Å². The first-order valence-electron chi connectivity index (χ1n) is 15.5. The number of amides is 2. The highest BCUT2D eigenvalue weighted by Gasteiger charge is 2.31. The summed E-state index contributed by atoms with van der Waals surface area (Å²) in [6, 6.07) is 16.9. The van der Waals surface area contributed by atoms with Crippen LogP contribution in [0.5, 0.6) is 5.75 Å². The van der Waals surface area contributed by atoms with Crippen LogP contribution in [0.3, 0.4) is 0 Å². The van der Waals surface area contributed by atoms with Gasteiger partial charge in [0.25, 0.3) is 11.8 Å². The van der Waals surface area contributed by atoms with Crippen molar-refractivity contribution in [2.75, 3.05) is 28.3 Å². The van der Waals surface area contributed by atoms with E-state index < -0.39 is 16.1 Å². The number of pyridine rings is 1. The molecule has 2 aliphatic rings. The van der Waals surface area contributed by atoms with Crippen molar-refractivity contribution in [3.05, 3.63) is 88.8 Å². The van der Waals surface area contributed by atoms with Gasteiger partial charge in [-0.1, -0.05) is 31.4 Å². The topological polar surface area (TPSA) is 114 Å². The van der Waals surface area contributed by atoms with Gasteiger partial charge in [-0.25, -0.2) is 4.72 Å². The maximum absolute atomic E-state index is 14.1. The molecule has 0 saturated heterocycles. The fourth-order valence-electron chi connectivity index (χ4n) is 6.63. The molecule has 2 aromatic carbocycles. The fraction of sp³-hybridized carbons (Fsp3) is 0.343. The van der Waals surface area contributed by atoms with E-state index in [9.17, 15) is 18.0 Å². The van der Waals surface area contributed by atoms with E-state index >= 15 is 0 Å². The maximum atomic E-state index is 14.1. The van der Waals surface area contributed by atoms with Crippen LogP contribution in [-0.4, -0.2) is 67.2 Å². The van der Waals surface area contributed by atoms with E-state index in [1.54, 1.807) is 37.4 Å². The molecule has 4 aromatic rings. The number of nitrogens with one attached hydrogen (secondary N) is 1. The number of likely N-dealkylation sites (N-methyl/N-ethyl adjacent to an activating group) is 1. The average Bonchev–Trinajstić information content (AvgIpc) is 3.27. The van der Waals surface area contributed by atoms with Crippen molar-refractivity contribution in [1.82, 2.24) is 23.5 Å². The third-order valence-corrected chi connectivity index (χ3v) is 10.4. The van der Waals surface area contributed by atoms with Gasteiger partial charge in [-0.2, -0.15) is 12.7 Å². The largest absolute Gasteiger partial charge is 0.497 e. The number of ether oxygens (including phenoxy) is 1. The summed E-state index contributed by atoms with van der Waals surface area (Å²) in [5.74, 6) is 0.138. The molecule has 0 bridgehead atoms. The van der Waals surface area contributed by atoms with Crippen LogP contribution in [0.1, 0.15) is 65.2 Å². The van der Waals surface area contributed by atoms with Gasteiger partial charge >= 0.3 is 10.2 Å². The summed E-state index contributed by atoms with van der Waals surface area (Å²) in [5.41, 5.74) is 6.43. The Hall–Kier alpha value is -4.48. The molecule has 10 nitrogen and oxygen atoms in total. The van der Waals surface area contributed by atoms with Crippen LogP contribution < -0.4 is 9.46 Å². The molecule has 0 unspecified atom stereocenters. The first kappa shape index (κ1) is 31.5. The van der Waals surface area contributed by atoms with Crippen molar-refractivity contribution >= 4 is 39.0 Å². The van der Waals surface area contributed by atoms with Crippen LogP contribution in [0, 0.1) is 0 Å². The molecule has 1 aliphatic carbocycles. The van der Waals surface area contributed by atoms with Gasteiger partial charge in [-0.15, -0.1) is 0 Å². The third-order valence-electron chi connectivity index (χ3n) is 9.00. The van der Waals surface area contributed by atoms with Crippen LogP contribution in [0.2, 0.25) is 0 Å². The standard InChI is InChI=1S/C35H39N5O5S/c1-38(2)46(43,44)37-34(41)24-13-15-30-31(20-24)40-21-26(35(42)39(3)22-27-12-8-9-17-36-27)18-25-19-28(45-4)14-16-29(25)33(40)32(30)23-10-6-5-7-11-23/h8-9,12-20,23H,5-7,10-11,21-22H2,1-4H3,(H,37,41). The Kier molecular flexibility index (Phi) is 8.71. The highest BCUT2D eigenvalue weighted by Crippen LogP contribution is 2.47. The molecule has 2 aromatic heterocycles. The number of rotatable bonds is 8. The van der Waals surface area contributed by atoms with Crippen molar-refractivity contribution < 1.29 is 22.7 Å². The third kappa shape index (κ3) is 6.04. The monoisotopic (exact) mass is 641 g/mol. The second-order valence-corrected chi connectivity index (χ2v) is 14.1. The summed E-state index contributed by atoms with van der Waals surface area (Å²) < 4.78 is 35.8. The molecule has 1 fully saturated rings. The Morgan fingerprint density at radius 2 is 1.80 bits per heavy atom. The van der Waals surface area contributed by atoms with Crippen LogP contribution >= 0.6 is 0 Å². The van der Waals surface area contributed by atoms with E-state index in [1.165, 1.54) is 26.1 Å². The molecule has 46 heavy (non-hydrogen) atoms. The summed E-state index contributed by atoms with van der Waals surface area (Å²) in [4.78, 5) is 33.4. The SMILES string of the molecule is COc1ccc2c(c1)C=C(C(=O)N(C)Cc1ccccn1)Cn1c-2c(C2CCCCC2)c2ccc(C(=O)NS(=O)(=O)N(C)C)cc21. The Bertz CT molecular complexity index is 1940. The van der Waals surface area contributed by atoms with Crippen molar-refractivity contribution in [3.63, 3.8) is 0 Å². The molecule has 1 aliphatic heterocycles. The molecule has 3 heterocycles. The van der Waals surface area contributed by atoms with Gasteiger partial charge in [0, 0.05) is 54.9 Å². The summed E-state index contributed by atoms with van der Waals surface area (Å²) in [7, 11) is 2.14. The number of hydrogen-bond acceptors (Lipinski definition) is 6. The minimum atomic E-state index is -3.99. The Balaban J connectivity index is 1.53. The van der Waals surface area contributed by atoms with Crippen LogP contribution in [0.25, 0.3) is 28.2 Å². The maximum Gasteiger partial charge on any atom is 0.303 e. The lowest BCUT2D eigenvalue weighted by atomic mass is 9.81. The Morgan fingerprint density at radius 1 is 1.02 bits per heavy atom. The van der Waals surface area contributed by atoms with Gasteiger partial charge < -0.3 is 14.2 Å². The molecule has 0 atom stereocenters. The number of methoxy groups -OCH3 is 1. The van der Waals surface area contributed by atoms with Crippen LogP contribution in [0.4, 0.5) is 0 Å². The predicted octanol–water partition coefficient (Wildman–Crippen LogP) is 5.35. The molecule has 2 amide bonds. The van der Waals surface area contributed by atoms with E-state index in [0.717, 1.165) is 63.4 Å². The molecular formula is C35H39N5O5S. The zero-order valence-corrected chi connectivity index (χ0v) is 27.4. The molecule has 0 radical (unpaired) electrons. The normalized spacial score (nSPS) is 15.1. The lowest BCUT2D eigenvalue weighted by Crippen LogP contribution is -2.39. The van der Waals surface area contributed by atoms with Crippen molar-refractivity contribution in [3.8, 4) is 17.0 Å². The minimum Gasteiger partial charge on any atom is -0.497 e. The van der Waals surface area contributed by atoms with Crippen LogP contribution in [0.15, 0.2) is 66.4 Å². The fourth-order valence-corrected chi connectivity index (χ4v) is 7.17. The minimum absolute atomic E-state index is 0.140. The molecular weight excluding hydrogens is 602 g/mol. The Labute approximate surface area is 269 Å². The molecule has 1 saturated carbocycles. The summed E-state index contributed by atoms with van der Waals surface area (Å²) >= 11 is 0. The number of nitrogens with zero attached hydrogens (tertiary/aromatic N) is 4. The highest BCUT2D eigenvalue weighted by molar-refractivity contribution is 7.87.